The lowest BCUT2D eigenvalue weighted by atomic mass is 10.2. The zero-order chi connectivity index (χ0) is 8.85. The molecule has 0 aromatic heterocycles. The van der Waals surface area contributed by atoms with E-state index in [-0.39, 0.29) is 0 Å². The molecule has 3 N–H and O–H groups in total. The van der Waals surface area contributed by atoms with Crippen molar-refractivity contribution in [1.82, 2.24) is 5.32 Å². The van der Waals surface area contributed by atoms with Gasteiger partial charge in [-0.05, 0) is 6.42 Å². The van der Waals surface area contributed by atoms with Gasteiger partial charge in [0.05, 0.1) is 0 Å². The molecule has 11 heavy (non-hydrogen) atoms. The summed E-state index contributed by atoms with van der Waals surface area (Å²) in [4.78, 5) is 10.4. The highest BCUT2D eigenvalue weighted by atomic mass is 16.6. The largest absolute Gasteiger partial charge is 0.480 e. The Morgan fingerprint density at radius 2 is 2.27 bits per heavy atom. The third-order valence-corrected chi connectivity index (χ3v) is 1.27. The second-order valence-corrected chi connectivity index (χ2v) is 2.05. The first-order chi connectivity index (χ1) is 5.11. The second-order valence-electron chi connectivity index (χ2n) is 2.05. The first kappa shape index (κ1) is 10.3. The molecule has 0 aliphatic rings. The van der Waals surface area contributed by atoms with E-state index in [0.29, 0.717) is 6.42 Å². The summed E-state index contributed by atoms with van der Waals surface area (Å²) < 4.78 is 4.41. The summed E-state index contributed by atoms with van der Waals surface area (Å²) in [6, 6.07) is -0.759. The van der Waals surface area contributed by atoms with Gasteiger partial charge in [-0.25, -0.2) is 0 Å². The lowest BCUT2D eigenvalue weighted by Gasteiger charge is -2.15. The van der Waals surface area contributed by atoms with Gasteiger partial charge in [-0.15, -0.1) is 0 Å². The van der Waals surface area contributed by atoms with Gasteiger partial charge in [0, 0.05) is 7.11 Å². The summed E-state index contributed by atoms with van der Waals surface area (Å²) in [6.07, 6.45) is -0.813. The number of aliphatic carboxylic acids is 1. The van der Waals surface area contributed by atoms with Crippen molar-refractivity contribution >= 4 is 5.97 Å². The maximum absolute atomic E-state index is 10.4. The van der Waals surface area contributed by atoms with Gasteiger partial charge in [-0.2, -0.15) is 0 Å². The van der Waals surface area contributed by atoms with Crippen molar-refractivity contribution in [3.63, 3.8) is 0 Å². The topological polar surface area (TPSA) is 78.8 Å². The first-order valence-corrected chi connectivity index (χ1v) is 3.31. The Hall–Kier alpha value is -0.650. The van der Waals surface area contributed by atoms with E-state index >= 15 is 0 Å². The summed E-state index contributed by atoms with van der Waals surface area (Å²) in [5.74, 6) is -0.997. The summed E-state index contributed by atoms with van der Waals surface area (Å²) in [5, 5.41) is 19.6. The van der Waals surface area contributed by atoms with Crippen LogP contribution in [0.3, 0.4) is 0 Å². The number of ether oxygens (including phenoxy) is 1. The number of methoxy groups -OCH3 is 1. The second kappa shape index (κ2) is 5.06. The molecule has 0 saturated carbocycles. The fourth-order valence-corrected chi connectivity index (χ4v) is 0.604. The standard InChI is InChI=1S/C6H13NO4/c1-3-4(5(8)9)7-6(10)11-2/h4,6-7,10H,3H2,1-2H3,(H,8,9). The van der Waals surface area contributed by atoms with Crippen LogP contribution in [0.25, 0.3) is 0 Å². The molecule has 0 aliphatic carbocycles. The number of aliphatic hydroxyl groups excluding tert-OH is 1. The number of hydrogen-bond donors (Lipinski definition) is 3. The fraction of sp³-hybridized carbons (Fsp3) is 0.833. The minimum Gasteiger partial charge on any atom is -0.480 e. The maximum atomic E-state index is 10.4. The average molecular weight is 163 g/mol. The Bertz CT molecular complexity index is 128. The molecule has 66 valence electrons. The molecular formula is C6H13NO4. The van der Waals surface area contributed by atoms with Crippen molar-refractivity contribution in [2.45, 2.75) is 25.8 Å². The summed E-state index contributed by atoms with van der Waals surface area (Å²) >= 11 is 0. The smallest absolute Gasteiger partial charge is 0.320 e. The lowest BCUT2D eigenvalue weighted by molar-refractivity contribution is -0.147. The van der Waals surface area contributed by atoms with Crippen LogP contribution in [0.15, 0.2) is 0 Å². The van der Waals surface area contributed by atoms with Gasteiger partial charge in [0.2, 0.25) is 6.41 Å². The van der Waals surface area contributed by atoms with Gasteiger partial charge in [-0.3, -0.25) is 10.1 Å². The van der Waals surface area contributed by atoms with Gasteiger partial charge in [-0.1, -0.05) is 6.92 Å². The molecule has 2 atom stereocenters. The van der Waals surface area contributed by atoms with Crippen LogP contribution in [0, 0.1) is 0 Å². The monoisotopic (exact) mass is 163 g/mol. The number of carboxylic acid groups (broad SMARTS) is 1. The predicted octanol–water partition coefficient (Wildman–Crippen LogP) is -0.639. The normalized spacial score (nSPS) is 15.9. The summed E-state index contributed by atoms with van der Waals surface area (Å²) in [5.41, 5.74) is 0. The van der Waals surface area contributed by atoms with Crippen LogP contribution in [0.4, 0.5) is 0 Å². The number of aliphatic hydroxyl groups is 1. The Balaban J connectivity index is 3.77. The van der Waals surface area contributed by atoms with Crippen LogP contribution in [0.1, 0.15) is 13.3 Å². The van der Waals surface area contributed by atoms with E-state index in [9.17, 15) is 4.79 Å². The van der Waals surface area contributed by atoms with Gasteiger partial charge in [0.25, 0.3) is 0 Å². The fourth-order valence-electron chi connectivity index (χ4n) is 0.604. The zero-order valence-electron chi connectivity index (χ0n) is 6.57. The average Bonchev–Trinajstić information content (AvgIpc) is 1.99. The predicted molar refractivity (Wildman–Crippen MR) is 37.9 cm³/mol. The molecule has 0 bridgehead atoms. The van der Waals surface area contributed by atoms with Crippen molar-refractivity contribution in [2.24, 2.45) is 0 Å². The van der Waals surface area contributed by atoms with Crippen LogP contribution < -0.4 is 5.32 Å². The lowest BCUT2D eigenvalue weighted by Crippen LogP contribution is -2.43. The van der Waals surface area contributed by atoms with E-state index in [1.54, 1.807) is 6.92 Å². The van der Waals surface area contributed by atoms with Gasteiger partial charge >= 0.3 is 5.97 Å². The molecule has 0 saturated heterocycles. The molecular weight excluding hydrogens is 150 g/mol. The minimum atomic E-state index is -1.21. The number of nitrogens with one attached hydrogen (secondary N) is 1. The Morgan fingerprint density at radius 1 is 1.73 bits per heavy atom. The van der Waals surface area contributed by atoms with Crippen LogP contribution in [-0.2, 0) is 9.53 Å². The van der Waals surface area contributed by atoms with E-state index in [0.717, 1.165) is 0 Å². The van der Waals surface area contributed by atoms with Crippen LogP contribution in [0.5, 0.6) is 0 Å². The Labute approximate surface area is 65.0 Å². The third-order valence-electron chi connectivity index (χ3n) is 1.27. The summed E-state index contributed by atoms with van der Waals surface area (Å²) in [7, 11) is 1.28. The first-order valence-electron chi connectivity index (χ1n) is 3.31. The molecule has 5 nitrogen and oxygen atoms in total. The van der Waals surface area contributed by atoms with Crippen LogP contribution in [-0.4, -0.2) is 35.7 Å². The highest BCUT2D eigenvalue weighted by molar-refractivity contribution is 5.73. The van der Waals surface area contributed by atoms with E-state index in [1.807, 2.05) is 0 Å². The highest BCUT2D eigenvalue weighted by Gasteiger charge is 2.17. The number of carboxylic acids is 1. The minimum absolute atomic E-state index is 0.399. The SMILES string of the molecule is CCC(NC(O)OC)C(=O)O. The molecule has 0 aromatic carbocycles. The van der Waals surface area contributed by atoms with E-state index in [4.69, 9.17) is 10.2 Å². The molecule has 0 radical (unpaired) electrons. The van der Waals surface area contributed by atoms with Gasteiger partial charge in [0.15, 0.2) is 0 Å². The Morgan fingerprint density at radius 3 is 2.55 bits per heavy atom. The molecule has 0 fully saturated rings. The van der Waals surface area contributed by atoms with Crippen molar-refractivity contribution in [2.75, 3.05) is 7.11 Å². The van der Waals surface area contributed by atoms with E-state index in [1.165, 1.54) is 7.11 Å². The van der Waals surface area contributed by atoms with Crippen LogP contribution in [0.2, 0.25) is 0 Å². The molecule has 2 unspecified atom stereocenters. The molecule has 0 rings (SSSR count). The van der Waals surface area contributed by atoms with E-state index in [2.05, 4.69) is 10.1 Å². The quantitative estimate of drug-likeness (QED) is 0.470. The number of carbonyl (C=O) groups is 1. The zero-order valence-corrected chi connectivity index (χ0v) is 6.57. The van der Waals surface area contributed by atoms with Crippen molar-refractivity contribution in [1.29, 1.82) is 0 Å². The molecule has 0 heterocycles. The van der Waals surface area contributed by atoms with Crippen molar-refractivity contribution < 1.29 is 19.7 Å². The Kier molecular flexibility index (Phi) is 4.76. The van der Waals surface area contributed by atoms with Crippen LogP contribution >= 0.6 is 0 Å². The van der Waals surface area contributed by atoms with E-state index < -0.39 is 18.4 Å². The summed E-state index contributed by atoms with van der Waals surface area (Å²) in [6.45, 7) is 1.70. The number of rotatable bonds is 5. The van der Waals surface area contributed by atoms with Gasteiger partial charge < -0.3 is 14.9 Å². The third kappa shape index (κ3) is 3.92. The molecule has 5 heteroatoms. The molecule has 0 aliphatic heterocycles. The molecule has 0 spiro atoms. The molecule has 0 aromatic rings. The highest BCUT2D eigenvalue weighted by Crippen LogP contribution is 1.92. The van der Waals surface area contributed by atoms with Gasteiger partial charge in [0.1, 0.15) is 6.04 Å². The van der Waals surface area contributed by atoms with Crippen molar-refractivity contribution in [3.8, 4) is 0 Å². The number of hydrogen-bond acceptors (Lipinski definition) is 4. The van der Waals surface area contributed by atoms with Crippen molar-refractivity contribution in [3.05, 3.63) is 0 Å². The maximum Gasteiger partial charge on any atom is 0.320 e. The molecule has 0 amide bonds.